The number of pyridine rings is 1. The molecule has 1 fully saturated rings. The minimum Gasteiger partial charge on any atom is -0.348 e. The van der Waals surface area contributed by atoms with E-state index < -0.39 is 0 Å². The smallest absolute Gasteiger partial charge is 0.253 e. The first-order chi connectivity index (χ1) is 13.6. The van der Waals surface area contributed by atoms with Crippen LogP contribution in [0.25, 0.3) is 5.82 Å². The number of carbonyl (C=O) groups is 2. The molecule has 0 radical (unpaired) electrons. The maximum Gasteiger partial charge on any atom is 0.253 e. The number of nitrogens with zero attached hydrogens (tertiary/aromatic N) is 4. The first-order valence-electron chi connectivity index (χ1n) is 8.95. The topological polar surface area (TPSA) is 80.1 Å². The summed E-state index contributed by atoms with van der Waals surface area (Å²) in [6.07, 6.45) is 6.40. The molecule has 0 bridgehead atoms. The highest BCUT2D eigenvalue weighted by Gasteiger charge is 2.26. The minimum atomic E-state index is -0.276. The van der Waals surface area contributed by atoms with Gasteiger partial charge < -0.3 is 10.2 Å². The standard InChI is InChI=1S/C20H18ClN5O2/c21-15-6-7-16(17(12-15)25-10-2-5-18(25)27)20(28)23-13-14-4-1-8-22-19(14)26-11-3-9-24-26/h1,3-4,6-9,11-12H,2,5,10,13H2,(H,23,28). The summed E-state index contributed by atoms with van der Waals surface area (Å²) in [5.74, 6) is 0.380. The van der Waals surface area contributed by atoms with Gasteiger partial charge in [-0.2, -0.15) is 5.10 Å². The lowest BCUT2D eigenvalue weighted by Gasteiger charge is -2.20. The van der Waals surface area contributed by atoms with Gasteiger partial charge in [-0.25, -0.2) is 9.67 Å². The predicted octanol–water partition coefficient (Wildman–Crippen LogP) is 2.98. The molecule has 0 aliphatic carbocycles. The number of halogens is 1. The monoisotopic (exact) mass is 395 g/mol. The Kier molecular flexibility index (Phi) is 5.08. The van der Waals surface area contributed by atoms with E-state index in [1.165, 1.54) is 0 Å². The Labute approximate surface area is 166 Å². The molecule has 0 spiro atoms. The third-order valence-corrected chi connectivity index (χ3v) is 4.83. The van der Waals surface area contributed by atoms with Crippen molar-refractivity contribution in [3.63, 3.8) is 0 Å². The fourth-order valence-electron chi connectivity index (χ4n) is 3.26. The molecule has 4 rings (SSSR count). The van der Waals surface area contributed by atoms with E-state index in [4.69, 9.17) is 11.6 Å². The van der Waals surface area contributed by atoms with Gasteiger partial charge in [0.1, 0.15) is 0 Å². The summed E-state index contributed by atoms with van der Waals surface area (Å²) in [6, 6.07) is 10.5. The van der Waals surface area contributed by atoms with E-state index in [9.17, 15) is 9.59 Å². The van der Waals surface area contributed by atoms with E-state index in [-0.39, 0.29) is 18.4 Å². The van der Waals surface area contributed by atoms with Crippen LogP contribution >= 0.6 is 11.6 Å². The highest BCUT2D eigenvalue weighted by molar-refractivity contribution is 6.31. The Bertz CT molecular complexity index is 1020. The highest BCUT2D eigenvalue weighted by atomic mass is 35.5. The summed E-state index contributed by atoms with van der Waals surface area (Å²) >= 11 is 6.11. The van der Waals surface area contributed by atoms with Crippen LogP contribution in [0.1, 0.15) is 28.8 Å². The Morgan fingerprint density at radius 2 is 2.11 bits per heavy atom. The van der Waals surface area contributed by atoms with Gasteiger partial charge in [-0.05, 0) is 36.8 Å². The molecule has 0 unspecified atom stereocenters. The van der Waals surface area contributed by atoms with Crippen molar-refractivity contribution in [1.82, 2.24) is 20.1 Å². The number of rotatable bonds is 5. The van der Waals surface area contributed by atoms with Crippen molar-refractivity contribution in [1.29, 1.82) is 0 Å². The van der Waals surface area contributed by atoms with Crippen LogP contribution < -0.4 is 10.2 Å². The summed E-state index contributed by atoms with van der Waals surface area (Å²) in [4.78, 5) is 31.0. The molecule has 28 heavy (non-hydrogen) atoms. The molecule has 1 aliphatic heterocycles. The molecule has 2 amide bonds. The van der Waals surface area contributed by atoms with Crippen molar-refractivity contribution in [3.8, 4) is 5.82 Å². The van der Waals surface area contributed by atoms with Gasteiger partial charge >= 0.3 is 0 Å². The number of carbonyl (C=O) groups excluding carboxylic acids is 2. The van der Waals surface area contributed by atoms with Crippen molar-refractivity contribution in [2.75, 3.05) is 11.4 Å². The van der Waals surface area contributed by atoms with Gasteiger partial charge in [0.25, 0.3) is 5.91 Å². The highest BCUT2D eigenvalue weighted by Crippen LogP contribution is 2.28. The summed E-state index contributed by atoms with van der Waals surface area (Å²) in [5.41, 5.74) is 1.79. The normalized spacial score (nSPS) is 13.8. The average molecular weight is 396 g/mol. The third-order valence-electron chi connectivity index (χ3n) is 4.60. The summed E-state index contributed by atoms with van der Waals surface area (Å²) < 4.78 is 1.65. The van der Waals surface area contributed by atoms with Crippen molar-refractivity contribution < 1.29 is 9.59 Å². The van der Waals surface area contributed by atoms with Gasteiger partial charge in [0.05, 0.1) is 11.3 Å². The largest absolute Gasteiger partial charge is 0.348 e. The first kappa shape index (κ1) is 18.2. The van der Waals surface area contributed by atoms with Gasteiger partial charge in [-0.1, -0.05) is 17.7 Å². The molecular formula is C20H18ClN5O2. The lowest BCUT2D eigenvalue weighted by atomic mass is 10.1. The van der Waals surface area contributed by atoms with Gasteiger partial charge in [-0.3, -0.25) is 9.59 Å². The average Bonchev–Trinajstić information content (AvgIpc) is 3.38. The Morgan fingerprint density at radius 1 is 1.21 bits per heavy atom. The van der Waals surface area contributed by atoms with Gasteiger partial charge in [0.15, 0.2) is 5.82 Å². The maximum atomic E-state index is 12.9. The number of anilines is 1. The predicted molar refractivity (Wildman–Crippen MR) is 106 cm³/mol. The van der Waals surface area contributed by atoms with E-state index in [0.29, 0.717) is 35.1 Å². The lowest BCUT2D eigenvalue weighted by molar-refractivity contribution is -0.117. The van der Waals surface area contributed by atoms with Crippen molar-refractivity contribution >= 4 is 29.1 Å². The van der Waals surface area contributed by atoms with Crippen LogP contribution in [0.3, 0.4) is 0 Å². The van der Waals surface area contributed by atoms with E-state index in [1.54, 1.807) is 46.4 Å². The minimum absolute atomic E-state index is 0.00421. The van der Waals surface area contributed by atoms with Crippen LogP contribution in [-0.4, -0.2) is 33.1 Å². The van der Waals surface area contributed by atoms with Gasteiger partial charge in [0.2, 0.25) is 5.91 Å². The van der Waals surface area contributed by atoms with Gasteiger partial charge in [-0.15, -0.1) is 0 Å². The first-order valence-corrected chi connectivity index (χ1v) is 9.33. The molecule has 0 atom stereocenters. The van der Waals surface area contributed by atoms with E-state index >= 15 is 0 Å². The van der Waals surface area contributed by atoms with Crippen molar-refractivity contribution in [3.05, 3.63) is 71.1 Å². The number of benzene rings is 1. The van der Waals surface area contributed by atoms with Crippen LogP contribution in [-0.2, 0) is 11.3 Å². The third kappa shape index (κ3) is 3.61. The second kappa shape index (κ2) is 7.82. The zero-order valence-corrected chi connectivity index (χ0v) is 15.8. The molecule has 2 aromatic heterocycles. The van der Waals surface area contributed by atoms with Crippen LogP contribution in [0.2, 0.25) is 5.02 Å². The second-order valence-electron chi connectivity index (χ2n) is 6.43. The fourth-order valence-corrected chi connectivity index (χ4v) is 3.43. The van der Waals surface area contributed by atoms with E-state index in [2.05, 4.69) is 15.4 Å². The summed E-state index contributed by atoms with van der Waals surface area (Å²) in [5, 5.41) is 7.60. The van der Waals surface area contributed by atoms with Gasteiger partial charge in [0, 0.05) is 48.7 Å². The number of amides is 2. The molecule has 1 aliphatic rings. The van der Waals surface area contributed by atoms with E-state index in [0.717, 1.165) is 12.0 Å². The Balaban J connectivity index is 1.57. The molecule has 1 aromatic carbocycles. The van der Waals surface area contributed by atoms with Crippen LogP contribution in [0, 0.1) is 0 Å². The molecule has 142 valence electrons. The summed E-state index contributed by atoms with van der Waals surface area (Å²) in [6.45, 7) is 0.864. The van der Waals surface area contributed by atoms with Crippen molar-refractivity contribution in [2.24, 2.45) is 0 Å². The van der Waals surface area contributed by atoms with Crippen LogP contribution in [0.4, 0.5) is 5.69 Å². The molecular weight excluding hydrogens is 378 g/mol. The number of hydrogen-bond acceptors (Lipinski definition) is 4. The lowest BCUT2D eigenvalue weighted by Crippen LogP contribution is -2.29. The molecule has 3 aromatic rings. The second-order valence-corrected chi connectivity index (χ2v) is 6.87. The number of hydrogen-bond donors (Lipinski definition) is 1. The Hall–Kier alpha value is -3.19. The zero-order chi connectivity index (χ0) is 19.5. The molecule has 1 saturated heterocycles. The molecule has 1 N–H and O–H groups in total. The van der Waals surface area contributed by atoms with Crippen LogP contribution in [0.5, 0.6) is 0 Å². The number of nitrogens with one attached hydrogen (secondary N) is 1. The molecule has 8 heteroatoms. The quantitative estimate of drug-likeness (QED) is 0.720. The number of aromatic nitrogens is 3. The van der Waals surface area contributed by atoms with Crippen LogP contribution in [0.15, 0.2) is 55.0 Å². The molecule has 0 saturated carbocycles. The maximum absolute atomic E-state index is 12.9. The molecule has 7 nitrogen and oxygen atoms in total. The molecule has 3 heterocycles. The fraction of sp³-hybridized carbons (Fsp3) is 0.200. The van der Waals surface area contributed by atoms with Crippen molar-refractivity contribution in [2.45, 2.75) is 19.4 Å². The zero-order valence-electron chi connectivity index (χ0n) is 15.0. The SMILES string of the molecule is O=C(NCc1cccnc1-n1cccn1)c1ccc(Cl)cc1N1CCCC1=O. The van der Waals surface area contributed by atoms with E-state index in [1.807, 2.05) is 18.2 Å². The Morgan fingerprint density at radius 3 is 2.86 bits per heavy atom. The summed E-state index contributed by atoms with van der Waals surface area (Å²) in [7, 11) is 0.